The van der Waals surface area contributed by atoms with Crippen molar-refractivity contribution in [1.29, 1.82) is 0 Å². The maximum absolute atomic E-state index is 11.5. The maximum atomic E-state index is 11.5. The van der Waals surface area contributed by atoms with E-state index in [2.05, 4.69) is 0 Å². The van der Waals surface area contributed by atoms with Gasteiger partial charge in [0.05, 0.1) is 6.42 Å². The van der Waals surface area contributed by atoms with Crippen LogP contribution in [0.25, 0.3) is 0 Å². The molecule has 0 amide bonds. The van der Waals surface area contributed by atoms with E-state index in [-0.39, 0.29) is 35.5 Å². The first-order valence-electron chi connectivity index (χ1n) is 6.53. The first kappa shape index (κ1) is 23.1. The van der Waals surface area contributed by atoms with Gasteiger partial charge >= 0.3 is 41.5 Å². The summed E-state index contributed by atoms with van der Waals surface area (Å²) in [5, 5.41) is 18.0. The molecular weight excluding hydrogens is 311 g/mol. The van der Waals surface area contributed by atoms with Crippen LogP contribution in [0.2, 0.25) is 0 Å². The Bertz CT molecular complexity index is 449. The number of unbranched alkanes of at least 4 members (excludes halogenated alkanes) is 1. The van der Waals surface area contributed by atoms with E-state index in [9.17, 15) is 27.7 Å². The molecule has 3 N–H and O–H groups in total. The fourth-order valence-corrected chi connectivity index (χ4v) is 3.17. The van der Waals surface area contributed by atoms with Crippen LogP contribution in [0.15, 0.2) is 0 Å². The van der Waals surface area contributed by atoms with Gasteiger partial charge in [-0.25, -0.2) is 0 Å². The molecule has 0 aromatic heterocycles. The summed E-state index contributed by atoms with van der Waals surface area (Å²) in [4.78, 5) is 22.1. The van der Waals surface area contributed by atoms with Gasteiger partial charge in [-0.15, -0.1) is 0 Å². The predicted octanol–water partition coefficient (Wildman–Crippen LogP) is 1.13. The van der Waals surface area contributed by atoms with Crippen LogP contribution in [0.1, 0.15) is 52.4 Å². The quantitative estimate of drug-likeness (QED) is 0.403. The van der Waals surface area contributed by atoms with Crippen LogP contribution in [0, 0.1) is 5.92 Å². The summed E-state index contributed by atoms with van der Waals surface area (Å²) in [5.74, 6) is -3.67. The average Bonchev–Trinajstić information content (AvgIpc) is 2.30. The molecular formula is C12H23NaO7S. The molecule has 0 spiro atoms. The molecule has 21 heavy (non-hydrogen) atoms. The zero-order valence-electron chi connectivity index (χ0n) is 11.7. The molecule has 120 valence electrons. The Morgan fingerprint density at radius 3 is 2.00 bits per heavy atom. The van der Waals surface area contributed by atoms with Gasteiger partial charge in [-0.2, -0.15) is 8.42 Å². The third-order valence-corrected chi connectivity index (χ3v) is 4.96. The molecule has 0 bridgehead atoms. The summed E-state index contributed by atoms with van der Waals surface area (Å²) in [6.45, 7) is 3.72. The Morgan fingerprint density at radius 1 is 1.19 bits per heavy atom. The van der Waals surface area contributed by atoms with Crippen molar-refractivity contribution in [3.63, 3.8) is 0 Å². The van der Waals surface area contributed by atoms with Crippen LogP contribution in [-0.4, -0.2) is 69.4 Å². The van der Waals surface area contributed by atoms with E-state index in [1.54, 1.807) is 6.92 Å². The second kappa shape index (κ2) is 9.78. The number of carbonyl (C=O) groups is 2. The standard InChI is InChI=1S/C12H22O7S.Na.H/c1-3-5-6-9(4-2)7-12(11(15)16,8-10(13)14)20(17,18)19;;/h9H,3-8H2,1-2H3,(H,13,14)(H,15,16)(H,17,18,19);;. The van der Waals surface area contributed by atoms with Crippen molar-refractivity contribution in [2.45, 2.75) is 57.1 Å². The molecule has 0 aromatic rings. The predicted molar refractivity (Wildman–Crippen MR) is 79.2 cm³/mol. The third kappa shape index (κ3) is 6.65. The molecule has 0 aromatic carbocycles. The molecule has 0 saturated carbocycles. The van der Waals surface area contributed by atoms with Crippen molar-refractivity contribution >= 4 is 51.6 Å². The van der Waals surface area contributed by atoms with Gasteiger partial charge in [0.1, 0.15) is 0 Å². The van der Waals surface area contributed by atoms with E-state index in [0.29, 0.717) is 12.8 Å². The fraction of sp³-hybridized carbons (Fsp3) is 0.833. The molecule has 2 unspecified atom stereocenters. The Hall–Kier alpha value is -0.150. The second-order valence-corrected chi connectivity index (χ2v) is 6.70. The van der Waals surface area contributed by atoms with Crippen LogP contribution in [0.5, 0.6) is 0 Å². The monoisotopic (exact) mass is 334 g/mol. The molecule has 0 aliphatic heterocycles. The summed E-state index contributed by atoms with van der Waals surface area (Å²) in [7, 11) is -5.03. The van der Waals surface area contributed by atoms with Gasteiger partial charge in [0.15, 0.2) is 0 Å². The first-order chi connectivity index (χ1) is 9.10. The van der Waals surface area contributed by atoms with E-state index in [1.165, 1.54) is 0 Å². The second-order valence-electron chi connectivity index (χ2n) is 4.97. The van der Waals surface area contributed by atoms with E-state index >= 15 is 0 Å². The summed E-state index contributed by atoms with van der Waals surface area (Å²) in [6, 6.07) is 0. The van der Waals surface area contributed by atoms with Gasteiger partial charge in [0, 0.05) is 0 Å². The Morgan fingerprint density at radius 2 is 1.71 bits per heavy atom. The number of hydrogen-bond donors (Lipinski definition) is 3. The van der Waals surface area contributed by atoms with Gasteiger partial charge in [0.25, 0.3) is 10.1 Å². The molecule has 0 heterocycles. The fourth-order valence-electron chi connectivity index (χ4n) is 2.20. The molecule has 0 aliphatic carbocycles. The molecule has 9 heteroatoms. The summed E-state index contributed by atoms with van der Waals surface area (Å²) < 4.78 is 29.5. The molecule has 0 aliphatic rings. The SMILES string of the molecule is CCCCC(CC)CC(CC(=O)O)(C(=O)O)S(=O)(=O)O.[NaH]. The zero-order chi connectivity index (χ0) is 16.0. The number of carboxylic acids is 2. The molecule has 2 atom stereocenters. The Labute approximate surface area is 147 Å². The summed E-state index contributed by atoms with van der Waals surface area (Å²) in [6.07, 6.45) is 1.21. The van der Waals surface area contributed by atoms with Crippen molar-refractivity contribution in [3.8, 4) is 0 Å². The Kier molecular flexibility index (Phi) is 10.8. The van der Waals surface area contributed by atoms with Crippen molar-refractivity contribution in [3.05, 3.63) is 0 Å². The van der Waals surface area contributed by atoms with Gasteiger partial charge in [-0.1, -0.05) is 39.5 Å². The summed E-state index contributed by atoms with van der Waals surface area (Å²) >= 11 is 0. The molecule has 0 radical (unpaired) electrons. The van der Waals surface area contributed by atoms with Crippen LogP contribution < -0.4 is 0 Å². The minimum absolute atomic E-state index is 0. The topological polar surface area (TPSA) is 129 Å². The number of hydrogen-bond acceptors (Lipinski definition) is 4. The number of aliphatic carboxylic acids is 2. The number of rotatable bonds is 10. The molecule has 0 fully saturated rings. The van der Waals surface area contributed by atoms with Gasteiger partial charge in [0.2, 0.25) is 4.75 Å². The molecule has 0 saturated heterocycles. The van der Waals surface area contributed by atoms with Crippen LogP contribution in [0.3, 0.4) is 0 Å². The van der Waals surface area contributed by atoms with Crippen molar-refractivity contribution in [2.24, 2.45) is 5.92 Å². The van der Waals surface area contributed by atoms with Crippen LogP contribution >= 0.6 is 0 Å². The van der Waals surface area contributed by atoms with Crippen molar-refractivity contribution in [1.82, 2.24) is 0 Å². The summed E-state index contributed by atoms with van der Waals surface area (Å²) in [5.41, 5.74) is 0. The van der Waals surface area contributed by atoms with E-state index in [1.807, 2.05) is 6.92 Å². The van der Waals surface area contributed by atoms with E-state index in [4.69, 9.17) is 5.11 Å². The third-order valence-electron chi connectivity index (χ3n) is 3.48. The van der Waals surface area contributed by atoms with Gasteiger partial charge in [-0.05, 0) is 12.3 Å². The van der Waals surface area contributed by atoms with Gasteiger partial charge in [-0.3, -0.25) is 14.1 Å². The minimum atomic E-state index is -5.03. The average molecular weight is 334 g/mol. The van der Waals surface area contributed by atoms with Crippen LogP contribution in [-0.2, 0) is 19.7 Å². The first-order valence-corrected chi connectivity index (χ1v) is 7.97. The Balaban J connectivity index is 0. The van der Waals surface area contributed by atoms with Crippen molar-refractivity contribution < 1.29 is 32.8 Å². The van der Waals surface area contributed by atoms with Crippen molar-refractivity contribution in [2.75, 3.05) is 0 Å². The van der Waals surface area contributed by atoms with E-state index < -0.39 is 39.6 Å². The molecule has 7 nitrogen and oxygen atoms in total. The normalized spacial score (nSPS) is 15.6. The number of carboxylic acid groups (broad SMARTS) is 2. The van der Waals surface area contributed by atoms with Gasteiger partial charge < -0.3 is 10.2 Å². The van der Waals surface area contributed by atoms with E-state index in [0.717, 1.165) is 12.8 Å². The zero-order valence-corrected chi connectivity index (χ0v) is 12.5. The van der Waals surface area contributed by atoms with Crippen LogP contribution in [0.4, 0.5) is 0 Å². The molecule has 0 rings (SSSR count).